The van der Waals surface area contributed by atoms with E-state index in [4.69, 9.17) is 24.5 Å². The van der Waals surface area contributed by atoms with Crippen LogP contribution in [0.25, 0.3) is 10.9 Å². The van der Waals surface area contributed by atoms with Gasteiger partial charge in [-0.2, -0.15) is 20.3 Å². The van der Waals surface area contributed by atoms with Crippen LogP contribution in [0.5, 0.6) is 6.01 Å². The van der Waals surface area contributed by atoms with Crippen LogP contribution in [0.15, 0.2) is 18.3 Å². The average Bonchev–Trinajstić information content (AvgIpc) is 3.47. The highest BCUT2D eigenvalue weighted by atomic mass is 16.5. The van der Waals surface area contributed by atoms with Crippen molar-refractivity contribution in [3.63, 3.8) is 0 Å². The van der Waals surface area contributed by atoms with Crippen LogP contribution in [0.3, 0.4) is 0 Å². The number of ether oxygens (including phenoxy) is 2. The second kappa shape index (κ2) is 11.7. The summed E-state index contributed by atoms with van der Waals surface area (Å²) in [5.41, 5.74) is 5.67. The first-order chi connectivity index (χ1) is 22.0. The fourth-order valence-corrected chi connectivity index (χ4v) is 8.32. The van der Waals surface area contributed by atoms with Crippen LogP contribution in [-0.4, -0.2) is 88.7 Å². The molecule has 1 N–H and O–H groups in total. The number of aromatic nitrogens is 4. The number of nitriles is 1. The van der Waals surface area contributed by atoms with Crippen LogP contribution in [0, 0.1) is 18.3 Å². The standard InChI is InChI=1S/C34H45N9O2/c1-23-8-9-28-26(20-37-43(28)30-7-3-4-19-44-30)31(23)41-17-11-25-27(22-41)38-33(45-34(12-13-34)29-6-5-16-40(29)2)39-32(25)42-18-15-36-24(21-42)10-14-35/h8-9,20,24,29-30,36H,3-7,10-13,15-19,21-22H2,1-2H3/t24-,29?,30?/m0/s1. The van der Waals surface area contributed by atoms with E-state index in [1.165, 1.54) is 41.5 Å². The topological polar surface area (TPSA) is 108 Å². The summed E-state index contributed by atoms with van der Waals surface area (Å²) in [7, 11) is 2.22. The van der Waals surface area contributed by atoms with Crippen molar-refractivity contribution in [2.75, 3.05) is 56.2 Å². The molecule has 3 atom stereocenters. The second-order valence-electron chi connectivity index (χ2n) is 13.8. The Balaban J connectivity index is 1.14. The van der Waals surface area contributed by atoms with Crippen LogP contribution < -0.4 is 19.9 Å². The fraction of sp³-hybridized carbons (Fsp3) is 0.647. The molecule has 11 heteroatoms. The van der Waals surface area contributed by atoms with Crippen LogP contribution >= 0.6 is 0 Å². The SMILES string of the molecule is Cc1ccc2c(cnn2C2CCCCO2)c1N1CCc2c(nc(OC3(C4CCCN4C)CC3)nc2N2CCN[C@@H](CC#N)C2)C1. The van der Waals surface area contributed by atoms with Crippen molar-refractivity contribution >= 4 is 22.4 Å². The average molecular weight is 612 g/mol. The van der Waals surface area contributed by atoms with Gasteiger partial charge in [0.2, 0.25) is 0 Å². The highest BCUT2D eigenvalue weighted by Crippen LogP contribution is 2.48. The predicted molar refractivity (Wildman–Crippen MR) is 173 cm³/mol. The van der Waals surface area contributed by atoms with Gasteiger partial charge in [0.15, 0.2) is 6.23 Å². The van der Waals surface area contributed by atoms with E-state index < -0.39 is 0 Å². The van der Waals surface area contributed by atoms with Crippen molar-refractivity contribution in [3.8, 4) is 12.1 Å². The molecule has 2 aromatic heterocycles. The minimum absolute atomic E-state index is 0.00134. The highest BCUT2D eigenvalue weighted by molar-refractivity contribution is 5.94. The number of nitrogens with zero attached hydrogens (tertiary/aromatic N) is 8. The van der Waals surface area contributed by atoms with Crippen molar-refractivity contribution in [1.82, 2.24) is 30.0 Å². The molecule has 0 spiro atoms. The number of rotatable bonds is 7. The Kier molecular flexibility index (Phi) is 7.55. The third-order valence-corrected chi connectivity index (χ3v) is 10.8. The quantitative estimate of drug-likeness (QED) is 0.420. The molecule has 3 aromatic rings. The van der Waals surface area contributed by atoms with Gasteiger partial charge in [0, 0.05) is 55.8 Å². The molecule has 1 aromatic carbocycles. The van der Waals surface area contributed by atoms with Gasteiger partial charge in [0.1, 0.15) is 11.4 Å². The van der Waals surface area contributed by atoms with Gasteiger partial charge in [-0.1, -0.05) is 6.07 Å². The maximum absolute atomic E-state index is 9.41. The van der Waals surface area contributed by atoms with E-state index in [2.05, 4.69) is 56.9 Å². The molecule has 4 fully saturated rings. The van der Waals surface area contributed by atoms with Crippen molar-refractivity contribution in [2.45, 2.75) is 95.2 Å². The number of hydrogen-bond donors (Lipinski definition) is 1. The number of benzene rings is 1. The summed E-state index contributed by atoms with van der Waals surface area (Å²) in [6, 6.07) is 7.83. The Morgan fingerprint density at radius 1 is 1.11 bits per heavy atom. The summed E-state index contributed by atoms with van der Waals surface area (Å²) < 4.78 is 15.0. The molecule has 5 aliphatic rings. The zero-order valence-electron chi connectivity index (χ0n) is 26.7. The van der Waals surface area contributed by atoms with Gasteiger partial charge < -0.3 is 24.6 Å². The van der Waals surface area contributed by atoms with E-state index in [0.29, 0.717) is 25.0 Å². The number of piperazine rings is 1. The molecule has 1 saturated carbocycles. The van der Waals surface area contributed by atoms with Crippen molar-refractivity contribution < 1.29 is 9.47 Å². The van der Waals surface area contributed by atoms with Crippen LogP contribution in [0.2, 0.25) is 0 Å². The largest absolute Gasteiger partial charge is 0.455 e. The van der Waals surface area contributed by atoms with Crippen molar-refractivity contribution in [3.05, 3.63) is 35.2 Å². The van der Waals surface area contributed by atoms with Crippen molar-refractivity contribution in [1.29, 1.82) is 5.26 Å². The summed E-state index contributed by atoms with van der Waals surface area (Å²) in [6.07, 6.45) is 11.1. The molecular formula is C34H45N9O2. The van der Waals surface area contributed by atoms with Gasteiger partial charge >= 0.3 is 6.01 Å². The molecule has 238 valence electrons. The number of aryl methyl sites for hydroxylation is 1. The van der Waals surface area contributed by atoms with Gasteiger partial charge in [-0.25, -0.2) is 4.68 Å². The van der Waals surface area contributed by atoms with Gasteiger partial charge in [-0.05, 0) is 83.5 Å². The molecule has 2 unspecified atom stereocenters. The Bertz CT molecular complexity index is 1610. The first-order valence-corrected chi connectivity index (χ1v) is 17.0. The number of fused-ring (bicyclic) bond motifs is 2. The predicted octanol–water partition coefficient (Wildman–Crippen LogP) is 4.09. The molecule has 8 rings (SSSR count). The van der Waals surface area contributed by atoms with E-state index in [1.54, 1.807) is 0 Å². The number of hydrogen-bond acceptors (Lipinski definition) is 10. The zero-order valence-corrected chi connectivity index (χ0v) is 26.7. The summed E-state index contributed by atoms with van der Waals surface area (Å²) in [5.74, 6) is 0.992. The number of likely N-dealkylation sites (tertiary alicyclic amines) is 1. The third kappa shape index (κ3) is 5.30. The van der Waals surface area contributed by atoms with Gasteiger partial charge in [-0.15, -0.1) is 0 Å². The molecule has 4 aliphatic heterocycles. The lowest BCUT2D eigenvalue weighted by Gasteiger charge is -2.38. The lowest BCUT2D eigenvalue weighted by molar-refractivity contribution is -0.0366. The van der Waals surface area contributed by atoms with E-state index in [1.807, 2.05) is 6.20 Å². The summed E-state index contributed by atoms with van der Waals surface area (Å²) in [5, 5.41) is 18.9. The summed E-state index contributed by atoms with van der Waals surface area (Å²) in [4.78, 5) is 17.6. The molecule has 45 heavy (non-hydrogen) atoms. The van der Waals surface area contributed by atoms with E-state index in [-0.39, 0.29) is 17.9 Å². The first kappa shape index (κ1) is 29.0. The monoisotopic (exact) mass is 611 g/mol. The number of likely N-dealkylation sites (N-methyl/N-ethyl adjacent to an activating group) is 1. The smallest absolute Gasteiger partial charge is 0.319 e. The summed E-state index contributed by atoms with van der Waals surface area (Å²) in [6.45, 7) is 8.13. The molecule has 0 amide bonds. The molecular weight excluding hydrogens is 566 g/mol. The maximum atomic E-state index is 9.41. The van der Waals surface area contributed by atoms with Crippen LogP contribution in [0.4, 0.5) is 11.5 Å². The zero-order chi connectivity index (χ0) is 30.5. The lowest BCUT2D eigenvalue weighted by atomic mass is 10.0. The minimum atomic E-state index is -0.185. The number of anilines is 2. The molecule has 3 saturated heterocycles. The Labute approximate surface area is 265 Å². The lowest BCUT2D eigenvalue weighted by Crippen LogP contribution is -2.51. The van der Waals surface area contributed by atoms with Crippen LogP contribution in [-0.2, 0) is 17.7 Å². The van der Waals surface area contributed by atoms with Gasteiger partial charge in [0.25, 0.3) is 0 Å². The third-order valence-electron chi connectivity index (χ3n) is 10.8. The molecule has 6 heterocycles. The van der Waals surface area contributed by atoms with Gasteiger partial charge in [0.05, 0.1) is 42.1 Å². The normalized spacial score (nSPS) is 26.6. The number of nitrogens with one attached hydrogen (secondary N) is 1. The second-order valence-corrected chi connectivity index (χ2v) is 13.8. The Hall–Kier alpha value is -3.46. The van der Waals surface area contributed by atoms with Crippen LogP contribution in [0.1, 0.15) is 74.4 Å². The van der Waals surface area contributed by atoms with Gasteiger partial charge in [-0.3, -0.25) is 4.90 Å². The van der Waals surface area contributed by atoms with E-state index in [9.17, 15) is 5.26 Å². The summed E-state index contributed by atoms with van der Waals surface area (Å²) >= 11 is 0. The van der Waals surface area contributed by atoms with E-state index in [0.717, 1.165) is 88.5 Å². The fourth-order valence-electron chi connectivity index (χ4n) is 8.32. The minimum Gasteiger partial charge on any atom is -0.455 e. The van der Waals surface area contributed by atoms with Crippen molar-refractivity contribution in [2.24, 2.45) is 0 Å². The molecule has 11 nitrogen and oxygen atoms in total. The highest BCUT2D eigenvalue weighted by Gasteiger charge is 2.55. The first-order valence-electron chi connectivity index (χ1n) is 17.0. The van der Waals surface area contributed by atoms with E-state index >= 15 is 0 Å². The molecule has 0 bridgehead atoms. The Morgan fingerprint density at radius 2 is 2.02 bits per heavy atom. The maximum Gasteiger partial charge on any atom is 0.319 e. The molecule has 1 aliphatic carbocycles. The Morgan fingerprint density at radius 3 is 2.80 bits per heavy atom. The molecule has 0 radical (unpaired) electrons.